The number of hydrogen-bond donors (Lipinski definition) is 2. The van der Waals surface area contributed by atoms with Gasteiger partial charge in [-0.05, 0) is 29.8 Å². The summed E-state index contributed by atoms with van der Waals surface area (Å²) in [6.07, 6.45) is 3.72. The molecule has 1 unspecified atom stereocenters. The van der Waals surface area contributed by atoms with Gasteiger partial charge in [0.15, 0.2) is 0 Å². The Hall–Kier alpha value is -3.61. The number of aromatic nitrogens is 3. The molecule has 0 fully saturated rings. The molecule has 1 amide bonds. The van der Waals surface area contributed by atoms with Gasteiger partial charge in [-0.15, -0.1) is 0 Å². The molecule has 3 aromatic carbocycles. The predicted molar refractivity (Wildman–Crippen MR) is 138 cm³/mol. The van der Waals surface area contributed by atoms with E-state index in [0.717, 1.165) is 28.1 Å². The molecule has 2 heterocycles. The Kier molecular flexibility index (Phi) is 6.32. The average molecular weight is 507 g/mol. The van der Waals surface area contributed by atoms with Crippen molar-refractivity contribution in [2.45, 2.75) is 12.5 Å². The molecule has 0 spiro atoms. The van der Waals surface area contributed by atoms with Crippen LogP contribution in [0.1, 0.15) is 18.0 Å². The highest BCUT2D eigenvalue weighted by Gasteiger charge is 2.26. The van der Waals surface area contributed by atoms with Gasteiger partial charge in [-0.2, -0.15) is 0 Å². The summed E-state index contributed by atoms with van der Waals surface area (Å²) < 4.78 is 16.5. The van der Waals surface area contributed by atoms with Crippen molar-refractivity contribution >= 4 is 40.0 Å². The SMILES string of the molecule is CNC(=O)CC(c1ccc(Cl)cc1)n1cnc(-c2ccccc2)c1-c1c[nH]c2cc(Cl)c(F)cc12. The molecule has 8 heteroatoms. The highest BCUT2D eigenvalue weighted by molar-refractivity contribution is 6.31. The van der Waals surface area contributed by atoms with Crippen molar-refractivity contribution in [3.8, 4) is 22.5 Å². The molecule has 0 aliphatic heterocycles. The first kappa shape index (κ1) is 23.1. The van der Waals surface area contributed by atoms with Gasteiger partial charge in [-0.25, -0.2) is 9.37 Å². The number of halogens is 3. The van der Waals surface area contributed by atoms with Gasteiger partial charge in [-0.3, -0.25) is 4.79 Å². The van der Waals surface area contributed by atoms with Crippen molar-refractivity contribution in [3.05, 3.63) is 101 Å². The summed E-state index contributed by atoms with van der Waals surface area (Å²) in [5.41, 5.74) is 4.73. The van der Waals surface area contributed by atoms with Crippen LogP contribution in [0, 0.1) is 5.82 Å². The van der Waals surface area contributed by atoms with Gasteiger partial charge in [0.1, 0.15) is 5.82 Å². The fraction of sp³-hybridized carbons (Fsp3) is 0.111. The molecule has 5 rings (SSSR count). The lowest BCUT2D eigenvalue weighted by Gasteiger charge is -2.22. The standard InChI is InChI=1S/C27H21Cl2FN4O/c1-31-25(35)13-24(16-7-9-18(28)10-8-16)34-15-33-26(17-5-3-2-4-6-17)27(34)20-14-32-23-12-21(29)22(30)11-19(20)23/h2-12,14-15,24,32H,13H2,1H3,(H,31,35). The molecular formula is C27H21Cl2FN4O. The van der Waals surface area contributed by atoms with Crippen LogP contribution in [0.25, 0.3) is 33.4 Å². The maximum atomic E-state index is 14.5. The molecule has 0 aliphatic rings. The normalized spacial score (nSPS) is 12.1. The lowest BCUT2D eigenvalue weighted by molar-refractivity contribution is -0.121. The first-order valence-corrected chi connectivity index (χ1v) is 11.8. The van der Waals surface area contributed by atoms with Gasteiger partial charge in [0.2, 0.25) is 5.91 Å². The molecule has 0 aliphatic carbocycles. The second-order valence-corrected chi connectivity index (χ2v) is 9.02. The highest BCUT2D eigenvalue weighted by atomic mass is 35.5. The van der Waals surface area contributed by atoms with Crippen molar-refractivity contribution in [2.24, 2.45) is 0 Å². The topological polar surface area (TPSA) is 62.7 Å². The summed E-state index contributed by atoms with van der Waals surface area (Å²) >= 11 is 12.2. The highest BCUT2D eigenvalue weighted by Crippen LogP contribution is 2.40. The van der Waals surface area contributed by atoms with E-state index in [1.54, 1.807) is 31.6 Å². The minimum absolute atomic E-state index is 0.0429. The number of nitrogens with zero attached hydrogens (tertiary/aromatic N) is 2. The number of carbonyl (C=O) groups is 1. The van der Waals surface area contributed by atoms with Gasteiger partial charge >= 0.3 is 0 Å². The molecule has 2 N–H and O–H groups in total. The zero-order valence-corrected chi connectivity index (χ0v) is 20.2. The summed E-state index contributed by atoms with van der Waals surface area (Å²) in [6, 6.07) is 19.8. The van der Waals surface area contributed by atoms with Gasteiger partial charge in [0.05, 0.1) is 35.2 Å². The second kappa shape index (κ2) is 9.56. The fourth-order valence-corrected chi connectivity index (χ4v) is 4.61. The zero-order chi connectivity index (χ0) is 24.5. The van der Waals surface area contributed by atoms with Crippen LogP contribution in [0.5, 0.6) is 0 Å². The summed E-state index contributed by atoms with van der Waals surface area (Å²) in [6.45, 7) is 0. The second-order valence-electron chi connectivity index (χ2n) is 8.17. The lowest BCUT2D eigenvalue weighted by Crippen LogP contribution is -2.24. The smallest absolute Gasteiger partial charge is 0.222 e. The monoisotopic (exact) mass is 506 g/mol. The van der Waals surface area contributed by atoms with Crippen molar-refractivity contribution in [1.82, 2.24) is 19.9 Å². The van der Waals surface area contributed by atoms with Crippen LogP contribution in [-0.2, 0) is 4.79 Å². The number of benzene rings is 3. The number of hydrogen-bond acceptors (Lipinski definition) is 2. The van der Waals surface area contributed by atoms with Crippen molar-refractivity contribution in [2.75, 3.05) is 7.05 Å². The molecule has 5 nitrogen and oxygen atoms in total. The average Bonchev–Trinajstić information content (AvgIpc) is 3.47. The van der Waals surface area contributed by atoms with Crippen molar-refractivity contribution < 1.29 is 9.18 Å². The third kappa shape index (κ3) is 4.43. The van der Waals surface area contributed by atoms with E-state index in [-0.39, 0.29) is 23.4 Å². The molecule has 0 radical (unpaired) electrons. The van der Waals surface area contributed by atoms with E-state index in [0.29, 0.717) is 15.9 Å². The molecule has 5 aromatic rings. The Bertz CT molecular complexity index is 1510. The molecule has 176 valence electrons. The molecule has 2 aromatic heterocycles. The van der Waals surface area contributed by atoms with E-state index in [1.165, 1.54) is 6.07 Å². The Balaban J connectivity index is 1.78. The van der Waals surface area contributed by atoms with Crippen LogP contribution in [0.2, 0.25) is 10.0 Å². The number of carbonyl (C=O) groups excluding carboxylic acids is 1. The fourth-order valence-electron chi connectivity index (χ4n) is 4.32. The molecule has 0 saturated heterocycles. The number of fused-ring (bicyclic) bond motifs is 1. The van der Waals surface area contributed by atoms with Crippen LogP contribution in [0.3, 0.4) is 0 Å². The van der Waals surface area contributed by atoms with Crippen molar-refractivity contribution in [1.29, 1.82) is 0 Å². The molecule has 0 bridgehead atoms. The van der Waals surface area contributed by atoms with Gasteiger partial charge in [0, 0.05) is 40.3 Å². The third-order valence-electron chi connectivity index (χ3n) is 6.07. The first-order valence-electron chi connectivity index (χ1n) is 11.0. The van der Waals surface area contributed by atoms with Crippen LogP contribution in [-0.4, -0.2) is 27.5 Å². The Labute approximate surface area is 211 Å². The molecule has 35 heavy (non-hydrogen) atoms. The predicted octanol–water partition coefficient (Wildman–Crippen LogP) is 6.87. The summed E-state index contributed by atoms with van der Waals surface area (Å²) in [4.78, 5) is 20.5. The molecular weight excluding hydrogens is 486 g/mol. The number of nitrogens with one attached hydrogen (secondary N) is 2. The van der Waals surface area contributed by atoms with Gasteiger partial charge in [-0.1, -0.05) is 65.7 Å². The van der Waals surface area contributed by atoms with E-state index in [4.69, 9.17) is 28.2 Å². The molecule has 1 atom stereocenters. The Morgan fingerprint density at radius 3 is 2.57 bits per heavy atom. The maximum Gasteiger partial charge on any atom is 0.222 e. The number of rotatable bonds is 6. The van der Waals surface area contributed by atoms with E-state index in [2.05, 4.69) is 10.3 Å². The Morgan fingerprint density at radius 2 is 1.86 bits per heavy atom. The van der Waals surface area contributed by atoms with Gasteiger partial charge in [0.25, 0.3) is 0 Å². The van der Waals surface area contributed by atoms with Gasteiger partial charge < -0.3 is 14.9 Å². The van der Waals surface area contributed by atoms with Crippen LogP contribution in [0.4, 0.5) is 4.39 Å². The number of imidazole rings is 1. The van der Waals surface area contributed by atoms with Crippen LogP contribution >= 0.6 is 23.2 Å². The van der Waals surface area contributed by atoms with E-state index < -0.39 is 5.82 Å². The largest absolute Gasteiger partial charge is 0.360 e. The number of H-pyrrole nitrogens is 1. The summed E-state index contributed by atoms with van der Waals surface area (Å²) in [7, 11) is 1.61. The summed E-state index contributed by atoms with van der Waals surface area (Å²) in [5.74, 6) is -0.630. The maximum absolute atomic E-state index is 14.5. The van der Waals surface area contributed by atoms with Crippen LogP contribution < -0.4 is 5.32 Å². The number of amides is 1. The quantitative estimate of drug-likeness (QED) is 0.264. The number of aromatic amines is 1. The first-order chi connectivity index (χ1) is 17.0. The van der Waals surface area contributed by atoms with E-state index in [1.807, 2.05) is 53.2 Å². The third-order valence-corrected chi connectivity index (χ3v) is 6.61. The summed E-state index contributed by atoms with van der Waals surface area (Å²) in [5, 5.41) is 4.03. The zero-order valence-electron chi connectivity index (χ0n) is 18.7. The lowest BCUT2D eigenvalue weighted by atomic mass is 9.99. The van der Waals surface area contributed by atoms with E-state index in [9.17, 15) is 9.18 Å². The minimum atomic E-state index is -0.507. The van der Waals surface area contributed by atoms with E-state index >= 15 is 0 Å². The minimum Gasteiger partial charge on any atom is -0.360 e. The van der Waals surface area contributed by atoms with Crippen molar-refractivity contribution in [3.63, 3.8) is 0 Å². The Morgan fingerprint density at radius 1 is 1.11 bits per heavy atom. The van der Waals surface area contributed by atoms with Crippen LogP contribution in [0.15, 0.2) is 79.3 Å². The molecule has 0 saturated carbocycles.